The van der Waals surface area contributed by atoms with E-state index in [0.717, 1.165) is 38.3 Å². The maximum Gasteiger partial charge on any atom is 0.244 e. The van der Waals surface area contributed by atoms with Gasteiger partial charge in [0.2, 0.25) is 10.0 Å². The van der Waals surface area contributed by atoms with Gasteiger partial charge >= 0.3 is 0 Å². The number of rotatable bonds is 7. The van der Waals surface area contributed by atoms with Crippen LogP contribution >= 0.6 is 12.4 Å². The molecule has 0 amide bonds. The summed E-state index contributed by atoms with van der Waals surface area (Å²) < 4.78 is 55.8. The van der Waals surface area contributed by atoms with Crippen molar-refractivity contribution in [2.75, 3.05) is 33.0 Å². The number of benzene rings is 1. The van der Waals surface area contributed by atoms with Crippen LogP contribution in [0.1, 0.15) is 12.8 Å². The van der Waals surface area contributed by atoms with Gasteiger partial charge in [0.1, 0.15) is 10.6 Å². The van der Waals surface area contributed by atoms with Gasteiger partial charge in [0.15, 0.2) is 9.84 Å². The predicted octanol–water partition coefficient (Wildman–Crippen LogP) is 0.798. The molecule has 138 valence electrons. The molecule has 1 unspecified atom stereocenters. The van der Waals surface area contributed by atoms with Crippen molar-refractivity contribution < 1.29 is 21.6 Å². The van der Waals surface area contributed by atoms with Crippen LogP contribution in [0.4, 0.5) is 0 Å². The third-order valence-corrected chi connectivity index (χ3v) is 6.45. The quantitative estimate of drug-likeness (QED) is 0.704. The van der Waals surface area contributed by atoms with E-state index < -0.39 is 19.9 Å². The van der Waals surface area contributed by atoms with Gasteiger partial charge in [0, 0.05) is 12.8 Å². The van der Waals surface area contributed by atoms with Crippen molar-refractivity contribution in [2.45, 2.75) is 22.6 Å². The molecule has 24 heavy (non-hydrogen) atoms. The molecule has 1 atom stereocenters. The van der Waals surface area contributed by atoms with Crippen LogP contribution in [-0.4, -0.2) is 49.8 Å². The van der Waals surface area contributed by atoms with Crippen LogP contribution in [0, 0.1) is 5.92 Å². The molecule has 1 saturated heterocycles. The number of methoxy groups -OCH3 is 1. The molecule has 10 heteroatoms. The zero-order valence-electron chi connectivity index (χ0n) is 13.6. The van der Waals surface area contributed by atoms with Crippen molar-refractivity contribution in [1.82, 2.24) is 10.0 Å². The first-order valence-corrected chi connectivity index (χ1v) is 10.7. The number of hydrogen-bond acceptors (Lipinski definition) is 6. The monoisotopic (exact) mass is 398 g/mol. The van der Waals surface area contributed by atoms with Gasteiger partial charge in [-0.1, -0.05) is 0 Å². The van der Waals surface area contributed by atoms with E-state index in [1.165, 1.54) is 19.2 Å². The largest absolute Gasteiger partial charge is 0.495 e. The summed E-state index contributed by atoms with van der Waals surface area (Å²) >= 11 is 0. The van der Waals surface area contributed by atoms with Gasteiger partial charge in [-0.25, -0.2) is 21.6 Å². The summed E-state index contributed by atoms with van der Waals surface area (Å²) in [4.78, 5) is -0.217. The highest BCUT2D eigenvalue weighted by Gasteiger charge is 2.23. The Morgan fingerprint density at radius 1 is 1.29 bits per heavy atom. The Hall–Kier alpha value is -0.870. The second-order valence-corrected chi connectivity index (χ2v) is 9.38. The summed E-state index contributed by atoms with van der Waals surface area (Å²) in [6.45, 7) is 2.16. The van der Waals surface area contributed by atoms with Crippen LogP contribution < -0.4 is 14.8 Å². The molecule has 2 rings (SSSR count). The van der Waals surface area contributed by atoms with Gasteiger partial charge in [-0.05, 0) is 50.0 Å². The van der Waals surface area contributed by atoms with E-state index in [1.807, 2.05) is 0 Å². The fourth-order valence-corrected chi connectivity index (χ4v) is 4.50. The second kappa shape index (κ2) is 8.48. The lowest BCUT2D eigenvalue weighted by molar-refractivity contribution is 0.401. The van der Waals surface area contributed by atoms with Crippen LogP contribution in [0.15, 0.2) is 28.0 Å². The van der Waals surface area contributed by atoms with Crippen LogP contribution in [0.3, 0.4) is 0 Å². The van der Waals surface area contributed by atoms with Gasteiger partial charge < -0.3 is 10.1 Å². The average molecular weight is 399 g/mol. The predicted molar refractivity (Wildman–Crippen MR) is 94.1 cm³/mol. The summed E-state index contributed by atoms with van der Waals surface area (Å²) in [5.41, 5.74) is 0. The molecular formula is C14H23ClN2O5S2. The third kappa shape index (κ3) is 5.32. The SMILES string of the molecule is COc1ccc(S(C)(=O)=O)cc1S(=O)(=O)NCCC1CCNC1.Cl. The lowest BCUT2D eigenvalue weighted by Crippen LogP contribution is -2.27. The van der Waals surface area contributed by atoms with Gasteiger partial charge in [0.25, 0.3) is 0 Å². The molecule has 1 fully saturated rings. The first kappa shape index (κ1) is 21.2. The van der Waals surface area contributed by atoms with E-state index >= 15 is 0 Å². The van der Waals surface area contributed by atoms with Gasteiger partial charge in [-0.2, -0.15) is 0 Å². The number of halogens is 1. The van der Waals surface area contributed by atoms with Gasteiger partial charge in [-0.15, -0.1) is 12.4 Å². The molecule has 7 nitrogen and oxygen atoms in total. The number of nitrogens with one attached hydrogen (secondary N) is 2. The topological polar surface area (TPSA) is 102 Å². The molecule has 0 spiro atoms. The highest BCUT2D eigenvalue weighted by Crippen LogP contribution is 2.26. The van der Waals surface area contributed by atoms with E-state index in [1.54, 1.807) is 0 Å². The van der Waals surface area contributed by atoms with Gasteiger partial charge in [0.05, 0.1) is 12.0 Å². The van der Waals surface area contributed by atoms with Crippen molar-refractivity contribution >= 4 is 32.3 Å². The Labute approximate surface area is 149 Å². The molecule has 1 heterocycles. The van der Waals surface area contributed by atoms with Crippen molar-refractivity contribution in [2.24, 2.45) is 5.92 Å². The van der Waals surface area contributed by atoms with Crippen molar-refractivity contribution in [3.8, 4) is 5.75 Å². The molecule has 0 saturated carbocycles. The molecule has 1 aromatic carbocycles. The standard InChI is InChI=1S/C14H22N2O5S2.ClH/c1-21-13-4-3-12(22(2,17)18)9-14(13)23(19,20)16-8-6-11-5-7-15-10-11;/h3-4,9,11,15-16H,5-8,10H2,1-2H3;1H. The smallest absolute Gasteiger partial charge is 0.244 e. The van der Waals surface area contributed by atoms with E-state index in [2.05, 4.69) is 10.0 Å². The molecule has 1 aliphatic heterocycles. The fraction of sp³-hybridized carbons (Fsp3) is 0.571. The minimum atomic E-state index is -3.84. The number of sulfonamides is 1. The summed E-state index contributed by atoms with van der Waals surface area (Å²) in [7, 11) is -5.99. The minimum Gasteiger partial charge on any atom is -0.495 e. The van der Waals surface area contributed by atoms with E-state index in [-0.39, 0.29) is 27.9 Å². The Balaban J connectivity index is 0.00000288. The molecule has 1 aromatic rings. The Morgan fingerprint density at radius 3 is 2.54 bits per heavy atom. The lowest BCUT2D eigenvalue weighted by Gasteiger charge is -2.13. The van der Waals surface area contributed by atoms with Gasteiger partial charge in [-0.3, -0.25) is 0 Å². The zero-order chi connectivity index (χ0) is 17.1. The highest BCUT2D eigenvalue weighted by molar-refractivity contribution is 7.91. The summed E-state index contributed by atoms with van der Waals surface area (Å²) in [6.07, 6.45) is 2.81. The highest BCUT2D eigenvalue weighted by atomic mass is 35.5. The third-order valence-electron chi connectivity index (χ3n) is 3.86. The van der Waals surface area contributed by atoms with Crippen LogP contribution in [0.5, 0.6) is 5.75 Å². The van der Waals surface area contributed by atoms with Crippen LogP contribution in [0.2, 0.25) is 0 Å². The fourth-order valence-electron chi connectivity index (χ4n) is 2.53. The molecule has 2 N–H and O–H groups in total. The van der Waals surface area contributed by atoms with E-state index in [0.29, 0.717) is 12.5 Å². The maximum absolute atomic E-state index is 12.5. The zero-order valence-corrected chi connectivity index (χ0v) is 16.1. The van der Waals surface area contributed by atoms with Crippen LogP contribution in [0.25, 0.3) is 0 Å². The number of hydrogen-bond donors (Lipinski definition) is 2. The van der Waals surface area contributed by atoms with Crippen molar-refractivity contribution in [3.05, 3.63) is 18.2 Å². The second-order valence-electron chi connectivity index (χ2n) is 5.63. The summed E-state index contributed by atoms with van der Waals surface area (Å²) in [5.74, 6) is 0.578. The van der Waals surface area contributed by atoms with Crippen molar-refractivity contribution in [3.63, 3.8) is 0 Å². The molecule has 1 aliphatic rings. The molecule has 0 aromatic heterocycles. The van der Waals surface area contributed by atoms with E-state index in [4.69, 9.17) is 4.74 Å². The maximum atomic E-state index is 12.5. The normalized spacial score (nSPS) is 18.2. The van der Waals surface area contributed by atoms with Crippen molar-refractivity contribution in [1.29, 1.82) is 0 Å². The molecular weight excluding hydrogens is 376 g/mol. The molecule has 0 bridgehead atoms. The molecule has 0 aliphatic carbocycles. The molecule has 0 radical (unpaired) electrons. The Morgan fingerprint density at radius 2 is 2.00 bits per heavy atom. The summed E-state index contributed by atoms with van der Waals surface area (Å²) in [6, 6.07) is 3.82. The summed E-state index contributed by atoms with van der Waals surface area (Å²) in [5, 5.41) is 3.23. The van der Waals surface area contributed by atoms with Crippen LogP contribution in [-0.2, 0) is 19.9 Å². The Bertz CT molecular complexity index is 759. The average Bonchev–Trinajstić information content (AvgIpc) is 2.98. The first-order valence-electron chi connectivity index (χ1n) is 7.32. The first-order chi connectivity index (χ1) is 10.7. The minimum absolute atomic E-state index is 0. The Kier molecular flexibility index (Phi) is 7.48. The van der Waals surface area contributed by atoms with E-state index in [9.17, 15) is 16.8 Å². The number of ether oxygens (including phenoxy) is 1. The number of sulfone groups is 1. The lowest BCUT2D eigenvalue weighted by atomic mass is 10.1.